The van der Waals surface area contributed by atoms with E-state index >= 15 is 0 Å². The first-order chi connectivity index (χ1) is 9.63. The van der Waals surface area contributed by atoms with Crippen molar-refractivity contribution in [3.63, 3.8) is 0 Å². The van der Waals surface area contributed by atoms with Crippen LogP contribution in [0, 0.1) is 17.8 Å². The summed E-state index contributed by atoms with van der Waals surface area (Å²) >= 11 is 0. The molecule has 0 heterocycles. The maximum atomic E-state index is 12.0. The van der Waals surface area contributed by atoms with Crippen molar-refractivity contribution < 1.29 is 23.8 Å². The minimum Gasteiger partial charge on any atom is -0.462 e. The molecule has 2 aliphatic rings. The van der Waals surface area contributed by atoms with Gasteiger partial charge in [-0.05, 0) is 44.4 Å². The quantitative estimate of drug-likeness (QED) is 0.425. The van der Waals surface area contributed by atoms with E-state index in [0.717, 1.165) is 25.7 Å². The van der Waals surface area contributed by atoms with Crippen molar-refractivity contribution in [1.29, 1.82) is 0 Å². The number of carbonyl (C=O) groups excluding carboxylic acids is 2. The Labute approximate surface area is 120 Å². The highest BCUT2D eigenvalue weighted by Crippen LogP contribution is 2.47. The summed E-state index contributed by atoms with van der Waals surface area (Å²) < 4.78 is 15.6. The molecule has 4 unspecified atom stereocenters. The average molecular weight is 284 g/mol. The summed E-state index contributed by atoms with van der Waals surface area (Å²) in [7, 11) is 0. The average Bonchev–Trinajstić information content (AvgIpc) is 2.74. The molecule has 2 aliphatic carbocycles. The normalized spacial score (nSPS) is 31.9. The summed E-state index contributed by atoms with van der Waals surface area (Å²) in [5.74, 6) is 0.413. The van der Waals surface area contributed by atoms with Gasteiger partial charge < -0.3 is 14.2 Å². The van der Waals surface area contributed by atoms with Gasteiger partial charge >= 0.3 is 11.9 Å². The lowest BCUT2D eigenvalue weighted by atomic mass is 9.85. The highest BCUT2D eigenvalue weighted by molar-refractivity contribution is 5.73. The summed E-state index contributed by atoms with van der Waals surface area (Å²) in [6, 6.07) is 0. The molecule has 0 aromatic heterocycles. The van der Waals surface area contributed by atoms with Crippen molar-refractivity contribution in [3.05, 3.63) is 0 Å². The summed E-state index contributed by atoms with van der Waals surface area (Å²) in [5, 5.41) is 0. The zero-order chi connectivity index (χ0) is 14.5. The maximum absolute atomic E-state index is 12.0. The van der Waals surface area contributed by atoms with E-state index in [9.17, 15) is 9.59 Å². The lowest BCUT2D eigenvalue weighted by molar-refractivity contribution is -0.162. The molecule has 0 aliphatic heterocycles. The van der Waals surface area contributed by atoms with Crippen LogP contribution in [0.5, 0.6) is 0 Å². The Hall–Kier alpha value is -1.10. The van der Waals surface area contributed by atoms with Gasteiger partial charge in [0.25, 0.3) is 0 Å². The molecule has 0 aromatic carbocycles. The third-order valence-electron chi connectivity index (χ3n) is 4.33. The van der Waals surface area contributed by atoms with E-state index in [1.54, 1.807) is 6.92 Å². The van der Waals surface area contributed by atoms with E-state index in [4.69, 9.17) is 14.2 Å². The highest BCUT2D eigenvalue weighted by atomic mass is 16.7. The third kappa shape index (κ3) is 3.72. The van der Waals surface area contributed by atoms with Crippen LogP contribution in [0.25, 0.3) is 0 Å². The predicted octanol–water partition coefficient (Wildman–Crippen LogP) is 2.28. The van der Waals surface area contributed by atoms with Gasteiger partial charge in [-0.3, -0.25) is 9.59 Å². The molecule has 5 nitrogen and oxygen atoms in total. The number of hydrogen-bond acceptors (Lipinski definition) is 5. The first kappa shape index (κ1) is 15.3. The molecule has 0 aromatic rings. The number of carbonyl (C=O) groups is 2. The van der Waals surface area contributed by atoms with Gasteiger partial charge in [-0.2, -0.15) is 0 Å². The molecule has 20 heavy (non-hydrogen) atoms. The van der Waals surface area contributed by atoms with Crippen LogP contribution in [0.1, 0.15) is 46.0 Å². The fourth-order valence-corrected chi connectivity index (χ4v) is 3.44. The van der Waals surface area contributed by atoms with Crippen LogP contribution in [0.3, 0.4) is 0 Å². The molecule has 0 radical (unpaired) electrons. The first-order valence-electron chi connectivity index (χ1n) is 7.57. The van der Waals surface area contributed by atoms with Crippen LogP contribution < -0.4 is 0 Å². The molecule has 4 atom stereocenters. The van der Waals surface area contributed by atoms with Gasteiger partial charge in [0.1, 0.15) is 6.10 Å². The highest BCUT2D eigenvalue weighted by Gasteiger charge is 2.45. The van der Waals surface area contributed by atoms with Gasteiger partial charge in [0.05, 0.1) is 5.92 Å². The molecule has 5 heteroatoms. The molecule has 0 saturated heterocycles. The lowest BCUT2D eigenvalue weighted by Gasteiger charge is -2.28. The predicted molar refractivity (Wildman–Crippen MR) is 71.7 cm³/mol. The van der Waals surface area contributed by atoms with Gasteiger partial charge in [0.2, 0.25) is 0 Å². The fourth-order valence-electron chi connectivity index (χ4n) is 3.44. The topological polar surface area (TPSA) is 61.8 Å². The van der Waals surface area contributed by atoms with Crippen molar-refractivity contribution in [2.75, 3.05) is 13.4 Å². The Morgan fingerprint density at radius 2 is 1.90 bits per heavy atom. The summed E-state index contributed by atoms with van der Waals surface area (Å²) in [6.07, 6.45) is 3.97. The number of hydrogen-bond donors (Lipinski definition) is 0. The van der Waals surface area contributed by atoms with E-state index in [2.05, 4.69) is 0 Å². The molecule has 2 fully saturated rings. The molecule has 114 valence electrons. The molecule has 0 amide bonds. The Kier molecular flexibility index (Phi) is 5.40. The van der Waals surface area contributed by atoms with Gasteiger partial charge in [-0.15, -0.1) is 0 Å². The van der Waals surface area contributed by atoms with Crippen molar-refractivity contribution >= 4 is 11.9 Å². The third-order valence-corrected chi connectivity index (χ3v) is 4.33. The minimum absolute atomic E-state index is 0.0177. The number of fused-ring (bicyclic) bond motifs is 2. The second-order valence-electron chi connectivity index (χ2n) is 5.71. The summed E-state index contributed by atoms with van der Waals surface area (Å²) in [5.41, 5.74) is 0. The molecule has 2 rings (SSSR count). The van der Waals surface area contributed by atoms with Crippen molar-refractivity contribution in [1.82, 2.24) is 0 Å². The van der Waals surface area contributed by atoms with E-state index in [-0.39, 0.29) is 36.7 Å². The largest absolute Gasteiger partial charge is 0.462 e. The van der Waals surface area contributed by atoms with E-state index in [1.165, 1.54) is 0 Å². The van der Waals surface area contributed by atoms with E-state index in [1.807, 2.05) is 6.92 Å². The van der Waals surface area contributed by atoms with Gasteiger partial charge in [-0.1, -0.05) is 6.92 Å². The van der Waals surface area contributed by atoms with Gasteiger partial charge in [0, 0.05) is 13.0 Å². The van der Waals surface area contributed by atoms with E-state index < -0.39 is 0 Å². The zero-order valence-corrected chi connectivity index (χ0v) is 12.3. The number of esters is 2. The monoisotopic (exact) mass is 284 g/mol. The van der Waals surface area contributed by atoms with Crippen LogP contribution in [0.15, 0.2) is 0 Å². The van der Waals surface area contributed by atoms with Crippen LogP contribution in [0.2, 0.25) is 0 Å². The fraction of sp³-hybridized carbons (Fsp3) is 0.867. The smallest absolute Gasteiger partial charge is 0.311 e. The Morgan fingerprint density at radius 1 is 1.10 bits per heavy atom. The molecular formula is C15H24O5. The number of ether oxygens (including phenoxy) is 3. The second kappa shape index (κ2) is 7.07. The standard InChI is InChI=1S/C15H24O5/c1-3-14(16)20-12-6-10-5-11(8-12)13(7-10)15(17)19-9-18-4-2/h10-13H,3-9H2,1-2H3. The molecular weight excluding hydrogens is 260 g/mol. The van der Waals surface area contributed by atoms with Crippen molar-refractivity contribution in [2.45, 2.75) is 52.1 Å². The van der Waals surface area contributed by atoms with Crippen molar-refractivity contribution in [3.8, 4) is 0 Å². The zero-order valence-electron chi connectivity index (χ0n) is 12.3. The maximum Gasteiger partial charge on any atom is 0.311 e. The number of rotatable bonds is 6. The van der Waals surface area contributed by atoms with E-state index in [0.29, 0.717) is 18.9 Å². The first-order valence-corrected chi connectivity index (χ1v) is 7.57. The molecule has 2 bridgehead atoms. The molecule has 2 saturated carbocycles. The summed E-state index contributed by atoms with van der Waals surface area (Å²) in [4.78, 5) is 23.4. The van der Waals surface area contributed by atoms with Crippen molar-refractivity contribution in [2.24, 2.45) is 17.8 Å². The Bertz CT molecular complexity index is 354. The minimum atomic E-state index is -0.159. The van der Waals surface area contributed by atoms with Crippen LogP contribution in [0.4, 0.5) is 0 Å². The van der Waals surface area contributed by atoms with Crippen LogP contribution >= 0.6 is 0 Å². The SMILES string of the molecule is CCOCOC(=O)C1CC2CC(OC(=O)CC)CC1C2. The lowest BCUT2D eigenvalue weighted by Crippen LogP contribution is -2.29. The van der Waals surface area contributed by atoms with Gasteiger partial charge in [-0.25, -0.2) is 0 Å². The molecule has 0 spiro atoms. The van der Waals surface area contributed by atoms with Crippen LogP contribution in [-0.4, -0.2) is 31.4 Å². The summed E-state index contributed by atoms with van der Waals surface area (Å²) in [6.45, 7) is 4.24. The Balaban J connectivity index is 1.84. The Morgan fingerprint density at radius 3 is 2.60 bits per heavy atom. The second-order valence-corrected chi connectivity index (χ2v) is 5.71. The van der Waals surface area contributed by atoms with Crippen LogP contribution in [-0.2, 0) is 23.8 Å². The molecule has 0 N–H and O–H groups in total. The van der Waals surface area contributed by atoms with Gasteiger partial charge in [0.15, 0.2) is 6.79 Å².